The second kappa shape index (κ2) is 5.98. The fraction of sp³-hybridized carbons (Fsp3) is 0.0667. The van der Waals surface area contributed by atoms with E-state index in [0.717, 1.165) is 16.1 Å². The van der Waals surface area contributed by atoms with Crippen LogP contribution >= 0.6 is 11.3 Å². The molecule has 1 amide bonds. The van der Waals surface area contributed by atoms with Crippen molar-refractivity contribution >= 4 is 22.4 Å². The number of amides is 1. The zero-order valence-electron chi connectivity index (χ0n) is 11.6. The summed E-state index contributed by atoms with van der Waals surface area (Å²) in [6.07, 6.45) is 4.33. The number of hydrogen-bond acceptors (Lipinski definition) is 5. The first kappa shape index (κ1) is 14.3. The van der Waals surface area contributed by atoms with Gasteiger partial charge in [-0.15, -0.1) is 11.3 Å². The molecule has 0 unspecified atom stereocenters. The van der Waals surface area contributed by atoms with Crippen LogP contribution in [0.1, 0.15) is 15.4 Å². The van der Waals surface area contributed by atoms with Crippen LogP contribution in [0.25, 0.3) is 11.3 Å². The van der Waals surface area contributed by atoms with Crippen LogP contribution in [0.2, 0.25) is 0 Å². The summed E-state index contributed by atoms with van der Waals surface area (Å²) in [5.41, 5.74) is 1.74. The number of aryl methyl sites for hydroxylation is 1. The van der Waals surface area contributed by atoms with Crippen LogP contribution in [0, 0.1) is 12.7 Å². The maximum atomic E-state index is 13.0. The van der Waals surface area contributed by atoms with Gasteiger partial charge < -0.3 is 0 Å². The molecule has 7 heteroatoms. The minimum atomic E-state index is -0.368. The Balaban J connectivity index is 1.83. The Kier molecular flexibility index (Phi) is 3.88. The van der Waals surface area contributed by atoms with Gasteiger partial charge in [0.15, 0.2) is 5.13 Å². The molecule has 0 spiro atoms. The van der Waals surface area contributed by atoms with Crippen LogP contribution < -0.4 is 5.32 Å². The van der Waals surface area contributed by atoms with Crippen LogP contribution in [0.5, 0.6) is 0 Å². The quantitative estimate of drug-likeness (QED) is 0.805. The third kappa shape index (κ3) is 2.99. The Morgan fingerprint density at radius 1 is 1.23 bits per heavy atom. The zero-order chi connectivity index (χ0) is 15.5. The first-order valence-corrected chi connectivity index (χ1v) is 7.26. The highest BCUT2D eigenvalue weighted by molar-refractivity contribution is 7.16. The third-order valence-corrected chi connectivity index (χ3v) is 3.82. The van der Waals surface area contributed by atoms with Crippen LogP contribution in [0.15, 0.2) is 42.9 Å². The highest BCUT2D eigenvalue weighted by Crippen LogP contribution is 2.30. The Labute approximate surface area is 129 Å². The summed E-state index contributed by atoms with van der Waals surface area (Å²) < 4.78 is 13.0. The summed E-state index contributed by atoms with van der Waals surface area (Å²) in [4.78, 5) is 25.1. The molecule has 3 aromatic rings. The minimum Gasteiger partial charge on any atom is -0.296 e. The lowest BCUT2D eigenvalue weighted by Gasteiger charge is -2.00. The number of aromatic nitrogens is 3. The lowest BCUT2D eigenvalue weighted by atomic mass is 10.1. The third-order valence-electron chi connectivity index (χ3n) is 2.93. The summed E-state index contributed by atoms with van der Waals surface area (Å²) in [6.45, 7) is 1.90. The first-order chi connectivity index (χ1) is 10.6. The zero-order valence-corrected chi connectivity index (χ0v) is 12.4. The average Bonchev–Trinajstić information content (AvgIpc) is 2.89. The Bertz CT molecular complexity index is 802. The molecule has 3 rings (SSSR count). The smallest absolute Gasteiger partial charge is 0.277 e. The maximum Gasteiger partial charge on any atom is 0.277 e. The number of thiazole rings is 1. The predicted molar refractivity (Wildman–Crippen MR) is 82.2 cm³/mol. The highest BCUT2D eigenvalue weighted by Gasteiger charge is 2.14. The van der Waals surface area contributed by atoms with Crippen molar-refractivity contribution in [3.63, 3.8) is 0 Å². The Morgan fingerprint density at radius 3 is 2.68 bits per heavy atom. The van der Waals surface area contributed by atoms with Gasteiger partial charge >= 0.3 is 0 Å². The van der Waals surface area contributed by atoms with Gasteiger partial charge in [-0.3, -0.25) is 15.1 Å². The number of hydrogen-bond donors (Lipinski definition) is 1. The topological polar surface area (TPSA) is 67.8 Å². The molecule has 0 aliphatic heterocycles. The fourth-order valence-corrected chi connectivity index (χ4v) is 2.73. The van der Waals surface area contributed by atoms with Crippen molar-refractivity contribution in [3.05, 3.63) is 59.2 Å². The van der Waals surface area contributed by atoms with Crippen molar-refractivity contribution in [1.82, 2.24) is 15.0 Å². The normalized spacial score (nSPS) is 10.5. The number of rotatable bonds is 3. The predicted octanol–water partition coefficient (Wildman–Crippen LogP) is 3.30. The monoisotopic (exact) mass is 314 g/mol. The molecule has 0 radical (unpaired) electrons. The molecular formula is C15H11FN4OS. The number of anilines is 1. The number of nitrogens with one attached hydrogen (secondary N) is 1. The van der Waals surface area contributed by atoms with Crippen LogP contribution in [-0.4, -0.2) is 20.9 Å². The number of halogens is 1. The van der Waals surface area contributed by atoms with Gasteiger partial charge in [-0.1, -0.05) is 0 Å². The van der Waals surface area contributed by atoms with Gasteiger partial charge in [0.2, 0.25) is 0 Å². The molecule has 5 nitrogen and oxygen atoms in total. The maximum absolute atomic E-state index is 13.0. The van der Waals surface area contributed by atoms with E-state index < -0.39 is 0 Å². The van der Waals surface area contributed by atoms with E-state index in [2.05, 4.69) is 20.3 Å². The van der Waals surface area contributed by atoms with Crippen molar-refractivity contribution in [2.45, 2.75) is 6.92 Å². The molecule has 1 N–H and O–H groups in total. The van der Waals surface area contributed by atoms with E-state index in [1.165, 1.54) is 42.1 Å². The van der Waals surface area contributed by atoms with E-state index >= 15 is 0 Å². The molecule has 22 heavy (non-hydrogen) atoms. The van der Waals surface area contributed by atoms with Crippen molar-refractivity contribution in [3.8, 4) is 11.3 Å². The van der Waals surface area contributed by atoms with Gasteiger partial charge in [-0.2, -0.15) is 0 Å². The summed E-state index contributed by atoms with van der Waals surface area (Å²) in [5.74, 6) is -0.666. The SMILES string of the molecule is Cc1sc(NC(=O)c2cnccn2)nc1-c1ccc(F)cc1. The second-order valence-corrected chi connectivity index (χ2v) is 5.68. The van der Waals surface area contributed by atoms with Gasteiger partial charge in [-0.05, 0) is 31.2 Å². The van der Waals surface area contributed by atoms with Crippen LogP contribution in [0.3, 0.4) is 0 Å². The molecular weight excluding hydrogens is 303 g/mol. The van der Waals surface area contributed by atoms with Crippen molar-refractivity contribution in [2.24, 2.45) is 0 Å². The standard InChI is InChI=1S/C15H11FN4OS/c1-9-13(10-2-4-11(16)5-3-10)19-15(22-9)20-14(21)12-8-17-6-7-18-12/h2-8H,1H3,(H,19,20,21). The van der Waals surface area contributed by atoms with Crippen LogP contribution in [-0.2, 0) is 0 Å². The minimum absolute atomic E-state index is 0.221. The van der Waals surface area contributed by atoms with Gasteiger partial charge in [0, 0.05) is 22.8 Å². The number of carbonyl (C=O) groups is 1. The van der Waals surface area contributed by atoms with E-state index in [4.69, 9.17) is 0 Å². The summed E-state index contributed by atoms with van der Waals surface area (Å²) >= 11 is 1.35. The van der Waals surface area contributed by atoms with E-state index in [-0.39, 0.29) is 17.4 Å². The van der Waals surface area contributed by atoms with Crippen molar-refractivity contribution in [2.75, 3.05) is 5.32 Å². The molecule has 110 valence electrons. The van der Waals surface area contributed by atoms with E-state index in [9.17, 15) is 9.18 Å². The molecule has 0 saturated heterocycles. The fourth-order valence-electron chi connectivity index (χ4n) is 1.90. The van der Waals surface area contributed by atoms with Gasteiger partial charge in [-0.25, -0.2) is 14.4 Å². The molecule has 0 bridgehead atoms. The summed E-state index contributed by atoms with van der Waals surface area (Å²) in [6, 6.07) is 6.08. The summed E-state index contributed by atoms with van der Waals surface area (Å²) in [5, 5.41) is 3.16. The van der Waals surface area contributed by atoms with Gasteiger partial charge in [0.25, 0.3) is 5.91 Å². The van der Waals surface area contributed by atoms with E-state index in [0.29, 0.717) is 5.13 Å². The molecule has 0 fully saturated rings. The van der Waals surface area contributed by atoms with Crippen molar-refractivity contribution < 1.29 is 9.18 Å². The molecule has 2 heterocycles. The highest BCUT2D eigenvalue weighted by atomic mass is 32.1. The molecule has 1 aromatic carbocycles. The largest absolute Gasteiger partial charge is 0.296 e. The van der Waals surface area contributed by atoms with E-state index in [1.807, 2.05) is 6.92 Å². The van der Waals surface area contributed by atoms with E-state index in [1.54, 1.807) is 12.1 Å². The lowest BCUT2D eigenvalue weighted by molar-refractivity contribution is 0.102. The Morgan fingerprint density at radius 2 is 2.00 bits per heavy atom. The van der Waals surface area contributed by atoms with Gasteiger partial charge in [0.1, 0.15) is 11.5 Å². The summed E-state index contributed by atoms with van der Waals surface area (Å²) in [7, 11) is 0. The Hall–Kier alpha value is -2.67. The molecule has 0 aliphatic carbocycles. The number of nitrogens with zero attached hydrogens (tertiary/aromatic N) is 3. The van der Waals surface area contributed by atoms with Crippen LogP contribution in [0.4, 0.5) is 9.52 Å². The second-order valence-electron chi connectivity index (χ2n) is 4.48. The number of benzene rings is 1. The number of carbonyl (C=O) groups excluding carboxylic acids is 1. The molecule has 0 atom stereocenters. The average molecular weight is 314 g/mol. The van der Waals surface area contributed by atoms with Crippen molar-refractivity contribution in [1.29, 1.82) is 0 Å². The lowest BCUT2D eigenvalue weighted by Crippen LogP contribution is -2.13. The first-order valence-electron chi connectivity index (χ1n) is 6.44. The van der Waals surface area contributed by atoms with Gasteiger partial charge in [0.05, 0.1) is 11.9 Å². The molecule has 0 saturated carbocycles. The molecule has 0 aliphatic rings. The molecule has 2 aromatic heterocycles.